The number of fused-ring (bicyclic) bond motifs is 1. The Balaban J connectivity index is 1.27. The monoisotopic (exact) mass is 425 g/mol. The normalized spacial score (nSPS) is 16.0. The van der Waals surface area contributed by atoms with Gasteiger partial charge in [0, 0.05) is 38.4 Å². The molecule has 0 unspecified atom stereocenters. The molecule has 1 aromatic heterocycles. The van der Waals surface area contributed by atoms with Crippen molar-refractivity contribution in [1.82, 2.24) is 19.6 Å². The molecule has 0 aliphatic carbocycles. The van der Waals surface area contributed by atoms with Crippen LogP contribution < -0.4 is 10.1 Å². The summed E-state index contributed by atoms with van der Waals surface area (Å²) in [6, 6.07) is 7.29. The molecule has 3 amide bonds. The Morgan fingerprint density at radius 2 is 1.77 bits per heavy atom. The molecule has 3 heterocycles. The van der Waals surface area contributed by atoms with Crippen molar-refractivity contribution >= 4 is 17.6 Å². The minimum absolute atomic E-state index is 0.0295. The number of amides is 3. The number of ether oxygens (including phenoxy) is 1. The van der Waals surface area contributed by atoms with Crippen LogP contribution in [0.2, 0.25) is 0 Å². The molecule has 1 fully saturated rings. The standard InChI is InChI=1S/C23H31N5O3/c1-2-3-16-31-19-9-7-18(8-10-19)25-23(30)27-14-12-26(13-15-27)22(29)20-17-24-28-11-5-4-6-21(20)28/h7-10,17H,2-6,11-16H2,1H3,(H,25,30). The molecular weight excluding hydrogens is 394 g/mol. The van der Waals surface area contributed by atoms with Crippen LogP contribution in [-0.4, -0.2) is 64.3 Å². The van der Waals surface area contributed by atoms with Crippen molar-refractivity contribution in [3.05, 3.63) is 41.7 Å². The number of unbranched alkanes of at least 4 members (excludes halogenated alkanes) is 1. The average molecular weight is 426 g/mol. The van der Waals surface area contributed by atoms with E-state index in [1.807, 2.05) is 33.8 Å². The van der Waals surface area contributed by atoms with Gasteiger partial charge in [-0.25, -0.2) is 4.79 Å². The highest BCUT2D eigenvalue weighted by Gasteiger charge is 2.28. The second-order valence-electron chi connectivity index (χ2n) is 8.12. The van der Waals surface area contributed by atoms with Crippen molar-refractivity contribution in [2.75, 3.05) is 38.1 Å². The van der Waals surface area contributed by atoms with Crippen LogP contribution in [0.4, 0.5) is 10.5 Å². The van der Waals surface area contributed by atoms with Gasteiger partial charge in [-0.1, -0.05) is 13.3 Å². The number of nitrogens with zero attached hydrogens (tertiary/aromatic N) is 4. The fourth-order valence-electron chi connectivity index (χ4n) is 4.05. The zero-order chi connectivity index (χ0) is 21.6. The zero-order valence-electron chi connectivity index (χ0n) is 18.2. The molecule has 1 aromatic carbocycles. The van der Waals surface area contributed by atoms with Crippen LogP contribution in [0.3, 0.4) is 0 Å². The second kappa shape index (κ2) is 9.85. The number of hydrogen-bond acceptors (Lipinski definition) is 4. The average Bonchev–Trinajstić information content (AvgIpc) is 3.24. The molecule has 1 saturated heterocycles. The zero-order valence-corrected chi connectivity index (χ0v) is 18.2. The van der Waals surface area contributed by atoms with Crippen LogP contribution in [0.5, 0.6) is 5.75 Å². The number of carbonyl (C=O) groups is 2. The van der Waals surface area contributed by atoms with E-state index >= 15 is 0 Å². The number of carbonyl (C=O) groups excluding carboxylic acids is 2. The van der Waals surface area contributed by atoms with E-state index in [9.17, 15) is 9.59 Å². The van der Waals surface area contributed by atoms with Gasteiger partial charge in [-0.15, -0.1) is 0 Å². The number of piperazine rings is 1. The van der Waals surface area contributed by atoms with Gasteiger partial charge in [0.1, 0.15) is 5.75 Å². The van der Waals surface area contributed by atoms with Gasteiger partial charge >= 0.3 is 6.03 Å². The third-order valence-corrected chi connectivity index (χ3v) is 5.94. The smallest absolute Gasteiger partial charge is 0.321 e. The minimum atomic E-state index is -0.144. The number of aromatic nitrogens is 2. The number of urea groups is 1. The first-order valence-corrected chi connectivity index (χ1v) is 11.3. The maximum Gasteiger partial charge on any atom is 0.321 e. The van der Waals surface area contributed by atoms with Crippen LogP contribution in [0, 0.1) is 0 Å². The summed E-state index contributed by atoms with van der Waals surface area (Å²) in [4.78, 5) is 29.2. The van der Waals surface area contributed by atoms with Crippen molar-refractivity contribution in [2.24, 2.45) is 0 Å². The third-order valence-electron chi connectivity index (χ3n) is 5.94. The topological polar surface area (TPSA) is 79.7 Å². The van der Waals surface area contributed by atoms with E-state index in [-0.39, 0.29) is 11.9 Å². The van der Waals surface area contributed by atoms with Gasteiger partial charge in [0.15, 0.2) is 0 Å². The van der Waals surface area contributed by atoms with Gasteiger partial charge in [0.05, 0.1) is 24.1 Å². The van der Waals surface area contributed by atoms with Crippen molar-refractivity contribution < 1.29 is 14.3 Å². The Bertz CT molecular complexity index is 900. The van der Waals surface area contributed by atoms with Crippen molar-refractivity contribution in [2.45, 2.75) is 45.6 Å². The van der Waals surface area contributed by atoms with Crippen LogP contribution in [0.25, 0.3) is 0 Å². The number of nitrogens with one attached hydrogen (secondary N) is 1. The molecule has 2 aromatic rings. The van der Waals surface area contributed by atoms with Gasteiger partial charge in [0.2, 0.25) is 0 Å². The predicted octanol–water partition coefficient (Wildman–Crippen LogP) is 3.39. The van der Waals surface area contributed by atoms with Crippen molar-refractivity contribution in [3.63, 3.8) is 0 Å². The molecule has 1 N–H and O–H groups in total. The molecule has 2 aliphatic heterocycles. The fraction of sp³-hybridized carbons (Fsp3) is 0.522. The van der Waals surface area contributed by atoms with Crippen LogP contribution in [-0.2, 0) is 13.0 Å². The Kier molecular flexibility index (Phi) is 6.74. The summed E-state index contributed by atoms with van der Waals surface area (Å²) in [6.07, 6.45) is 6.95. The van der Waals surface area contributed by atoms with Gasteiger partial charge in [0.25, 0.3) is 5.91 Å². The molecule has 31 heavy (non-hydrogen) atoms. The van der Waals surface area contributed by atoms with E-state index < -0.39 is 0 Å². The van der Waals surface area contributed by atoms with Crippen molar-refractivity contribution in [1.29, 1.82) is 0 Å². The van der Waals surface area contributed by atoms with E-state index in [1.165, 1.54) is 0 Å². The Labute approximate surface area is 183 Å². The summed E-state index contributed by atoms with van der Waals surface area (Å²) >= 11 is 0. The highest BCUT2D eigenvalue weighted by atomic mass is 16.5. The van der Waals surface area contributed by atoms with Crippen LogP contribution in [0.15, 0.2) is 30.5 Å². The Hall–Kier alpha value is -3.03. The molecule has 8 heteroatoms. The van der Waals surface area contributed by atoms with E-state index in [4.69, 9.17) is 4.74 Å². The Morgan fingerprint density at radius 1 is 1.03 bits per heavy atom. The summed E-state index contributed by atoms with van der Waals surface area (Å²) in [5.41, 5.74) is 2.51. The molecule has 0 spiro atoms. The summed E-state index contributed by atoms with van der Waals surface area (Å²) < 4.78 is 7.61. The Morgan fingerprint density at radius 3 is 2.52 bits per heavy atom. The maximum atomic E-state index is 13.0. The minimum Gasteiger partial charge on any atom is -0.494 e. The van der Waals surface area contributed by atoms with Crippen molar-refractivity contribution in [3.8, 4) is 5.75 Å². The highest BCUT2D eigenvalue weighted by molar-refractivity contribution is 5.95. The molecule has 0 atom stereocenters. The summed E-state index contributed by atoms with van der Waals surface area (Å²) in [5.74, 6) is 0.836. The predicted molar refractivity (Wildman–Crippen MR) is 119 cm³/mol. The highest BCUT2D eigenvalue weighted by Crippen LogP contribution is 2.21. The lowest BCUT2D eigenvalue weighted by Crippen LogP contribution is -2.51. The van der Waals surface area contributed by atoms with Gasteiger partial charge in [-0.3, -0.25) is 9.48 Å². The van der Waals surface area contributed by atoms with E-state index in [1.54, 1.807) is 11.1 Å². The fourth-order valence-corrected chi connectivity index (χ4v) is 4.05. The van der Waals surface area contributed by atoms with Gasteiger partial charge in [-0.05, 0) is 49.9 Å². The van der Waals surface area contributed by atoms with E-state index in [0.29, 0.717) is 32.8 Å². The third kappa shape index (κ3) is 5.00. The first-order valence-electron chi connectivity index (χ1n) is 11.3. The molecule has 0 saturated carbocycles. The lowest BCUT2D eigenvalue weighted by atomic mass is 10.1. The number of rotatable bonds is 6. The largest absolute Gasteiger partial charge is 0.494 e. The number of anilines is 1. The van der Waals surface area contributed by atoms with Gasteiger partial charge in [-0.2, -0.15) is 5.10 Å². The first kappa shape index (κ1) is 21.2. The second-order valence-corrected chi connectivity index (χ2v) is 8.12. The summed E-state index contributed by atoms with van der Waals surface area (Å²) in [7, 11) is 0. The molecule has 2 aliphatic rings. The van der Waals surface area contributed by atoms with Gasteiger partial charge < -0.3 is 19.9 Å². The lowest BCUT2D eigenvalue weighted by molar-refractivity contribution is 0.0670. The van der Waals surface area contributed by atoms with E-state index in [2.05, 4.69) is 17.3 Å². The lowest BCUT2D eigenvalue weighted by Gasteiger charge is -2.34. The molecule has 4 rings (SSSR count). The SMILES string of the molecule is CCCCOc1ccc(NC(=O)N2CCN(C(=O)c3cnn4c3CCCC4)CC2)cc1. The summed E-state index contributed by atoms with van der Waals surface area (Å²) in [5, 5.41) is 7.31. The van der Waals surface area contributed by atoms with Crippen LogP contribution >= 0.6 is 0 Å². The summed E-state index contributed by atoms with van der Waals surface area (Å²) in [6.45, 7) is 5.80. The first-order chi connectivity index (χ1) is 15.2. The molecule has 0 bridgehead atoms. The van der Waals surface area contributed by atoms with Crippen LogP contribution in [0.1, 0.15) is 48.7 Å². The maximum absolute atomic E-state index is 13.0. The number of aryl methyl sites for hydroxylation is 1. The molecular formula is C23H31N5O3. The number of benzene rings is 1. The molecule has 0 radical (unpaired) electrons. The van der Waals surface area contributed by atoms with E-state index in [0.717, 1.165) is 61.3 Å². The molecule has 166 valence electrons. The number of hydrogen-bond donors (Lipinski definition) is 1. The molecule has 8 nitrogen and oxygen atoms in total. The quantitative estimate of drug-likeness (QED) is 0.720.